The van der Waals surface area contributed by atoms with Crippen LogP contribution in [0.1, 0.15) is 24.8 Å². The van der Waals surface area contributed by atoms with Crippen LogP contribution in [0.15, 0.2) is 24.3 Å². The molecular formula is C21H29N5O9S. The highest BCUT2D eigenvalue weighted by Crippen LogP contribution is 2.12. The van der Waals surface area contributed by atoms with Crippen molar-refractivity contribution in [2.24, 2.45) is 11.5 Å². The summed E-state index contributed by atoms with van der Waals surface area (Å²) in [7, 11) is 0. The third-order valence-electron chi connectivity index (χ3n) is 4.85. The van der Waals surface area contributed by atoms with Crippen LogP contribution in [0.25, 0.3) is 0 Å². The summed E-state index contributed by atoms with van der Waals surface area (Å²) >= 11 is 3.93. The number of thiol groups is 1. The maximum atomic E-state index is 13.0. The molecule has 36 heavy (non-hydrogen) atoms. The van der Waals surface area contributed by atoms with E-state index in [0.717, 1.165) is 0 Å². The third-order valence-corrected chi connectivity index (χ3v) is 5.24. The number of hydrogen-bond acceptors (Lipinski definition) is 9. The number of nitrogens with two attached hydrogens (primary N) is 2. The fraction of sp³-hybridized carbons (Fsp3) is 0.429. The van der Waals surface area contributed by atoms with Crippen molar-refractivity contribution >= 4 is 48.2 Å². The number of aromatic hydroxyl groups is 1. The van der Waals surface area contributed by atoms with Crippen LogP contribution in [0.2, 0.25) is 0 Å². The van der Waals surface area contributed by atoms with Gasteiger partial charge >= 0.3 is 11.9 Å². The molecule has 0 aromatic heterocycles. The van der Waals surface area contributed by atoms with Crippen LogP contribution in [-0.2, 0) is 35.2 Å². The zero-order chi connectivity index (χ0) is 27.4. The highest BCUT2D eigenvalue weighted by atomic mass is 32.1. The lowest BCUT2D eigenvalue weighted by Crippen LogP contribution is -2.58. The molecule has 0 aliphatic carbocycles. The normalized spacial score (nSPS) is 13.9. The maximum Gasteiger partial charge on any atom is 0.326 e. The smallest absolute Gasteiger partial charge is 0.326 e. The van der Waals surface area contributed by atoms with Gasteiger partial charge in [-0.3, -0.25) is 24.0 Å². The number of aliphatic carboxylic acids is 2. The fourth-order valence-electron chi connectivity index (χ4n) is 2.91. The van der Waals surface area contributed by atoms with Gasteiger partial charge in [-0.05, 0) is 24.1 Å². The first-order valence-corrected chi connectivity index (χ1v) is 11.3. The van der Waals surface area contributed by atoms with Crippen molar-refractivity contribution in [3.05, 3.63) is 29.8 Å². The van der Waals surface area contributed by atoms with Crippen molar-refractivity contribution < 1.29 is 44.1 Å². The second-order valence-electron chi connectivity index (χ2n) is 7.78. The Labute approximate surface area is 211 Å². The molecule has 0 saturated carbocycles. The average molecular weight is 528 g/mol. The number of carbonyl (C=O) groups excluding carboxylic acids is 4. The van der Waals surface area contributed by atoms with Crippen LogP contribution in [0.3, 0.4) is 0 Å². The number of amides is 4. The van der Waals surface area contributed by atoms with Gasteiger partial charge in [0, 0.05) is 18.6 Å². The summed E-state index contributed by atoms with van der Waals surface area (Å²) in [6.45, 7) is 0. The zero-order valence-corrected chi connectivity index (χ0v) is 19.9. The average Bonchev–Trinajstić information content (AvgIpc) is 2.80. The maximum absolute atomic E-state index is 13.0. The molecule has 10 N–H and O–H groups in total. The monoisotopic (exact) mass is 527 g/mol. The van der Waals surface area contributed by atoms with Gasteiger partial charge < -0.3 is 42.7 Å². The molecule has 4 atom stereocenters. The van der Waals surface area contributed by atoms with E-state index in [9.17, 15) is 44.1 Å². The molecule has 0 heterocycles. The molecule has 0 fully saturated rings. The number of nitrogens with one attached hydrogen (secondary N) is 3. The van der Waals surface area contributed by atoms with Crippen LogP contribution in [0.5, 0.6) is 5.75 Å². The Morgan fingerprint density at radius 3 is 1.89 bits per heavy atom. The summed E-state index contributed by atoms with van der Waals surface area (Å²) < 4.78 is 0. The highest BCUT2D eigenvalue weighted by molar-refractivity contribution is 7.80. The van der Waals surface area contributed by atoms with Gasteiger partial charge in [0.1, 0.15) is 23.9 Å². The summed E-state index contributed by atoms with van der Waals surface area (Å²) in [6.07, 6.45) is -1.74. The van der Waals surface area contributed by atoms with E-state index >= 15 is 0 Å². The van der Waals surface area contributed by atoms with E-state index in [4.69, 9.17) is 11.5 Å². The molecule has 0 aliphatic rings. The van der Waals surface area contributed by atoms with Crippen LogP contribution >= 0.6 is 12.6 Å². The number of rotatable bonds is 15. The van der Waals surface area contributed by atoms with E-state index in [-0.39, 0.29) is 30.8 Å². The SMILES string of the molecule is NC(=O)CCC(NC(=O)C(CC(=O)O)NC(=O)C(Cc1ccc(O)cc1)NC(=O)C(N)CS)C(=O)O. The largest absolute Gasteiger partial charge is 0.508 e. The van der Waals surface area contributed by atoms with E-state index in [1.165, 1.54) is 24.3 Å². The zero-order valence-electron chi connectivity index (χ0n) is 19.0. The van der Waals surface area contributed by atoms with Crippen LogP contribution in [-0.4, -0.2) is 80.8 Å². The molecule has 4 unspecified atom stereocenters. The first-order chi connectivity index (χ1) is 16.8. The number of primary amides is 1. The number of benzene rings is 1. The Bertz CT molecular complexity index is 973. The summed E-state index contributed by atoms with van der Waals surface area (Å²) in [6, 6.07) is -0.00221. The Morgan fingerprint density at radius 1 is 0.861 bits per heavy atom. The number of carbonyl (C=O) groups is 6. The Balaban J connectivity index is 3.11. The minimum atomic E-state index is -1.72. The highest BCUT2D eigenvalue weighted by Gasteiger charge is 2.31. The number of carboxylic acids is 2. The van der Waals surface area contributed by atoms with Gasteiger partial charge in [-0.2, -0.15) is 12.6 Å². The Morgan fingerprint density at radius 2 is 1.39 bits per heavy atom. The molecule has 1 aromatic rings. The first kappa shape index (κ1) is 30.2. The molecule has 14 nitrogen and oxygen atoms in total. The number of phenolic OH excluding ortho intramolecular Hbond substituents is 1. The molecule has 0 aliphatic heterocycles. The quantitative estimate of drug-likeness (QED) is 0.108. The summed E-state index contributed by atoms with van der Waals surface area (Å²) in [4.78, 5) is 71.6. The fourth-order valence-corrected chi connectivity index (χ4v) is 3.08. The van der Waals surface area contributed by atoms with Gasteiger partial charge in [-0.1, -0.05) is 12.1 Å². The van der Waals surface area contributed by atoms with E-state index in [1.54, 1.807) is 0 Å². The summed E-state index contributed by atoms with van der Waals surface area (Å²) in [5.74, 6) is -6.68. The molecular weight excluding hydrogens is 498 g/mol. The van der Waals surface area contributed by atoms with Crippen molar-refractivity contribution in [2.75, 3.05) is 5.75 Å². The Kier molecular flexibility index (Phi) is 12.2. The van der Waals surface area contributed by atoms with Gasteiger partial charge in [0.15, 0.2) is 0 Å². The number of carboxylic acid groups (broad SMARTS) is 2. The van der Waals surface area contributed by atoms with Crippen molar-refractivity contribution in [1.82, 2.24) is 16.0 Å². The predicted octanol–water partition coefficient (Wildman–Crippen LogP) is -2.53. The van der Waals surface area contributed by atoms with Crippen molar-refractivity contribution in [2.45, 2.75) is 49.9 Å². The standard InChI is InChI=1S/C21H29N5O9S/c22-12(9-36)18(31)25-14(7-10-1-3-11(27)4-2-10)19(32)26-15(8-17(29)30)20(33)24-13(21(34)35)5-6-16(23)28/h1-4,12-15,27,36H,5-9,22H2,(H2,23,28)(H,24,33)(H,25,31)(H,26,32)(H,29,30)(H,34,35). The number of phenols is 1. The second-order valence-corrected chi connectivity index (χ2v) is 8.15. The second kappa shape index (κ2) is 14.5. The summed E-state index contributed by atoms with van der Waals surface area (Å²) in [5, 5.41) is 34.6. The third kappa shape index (κ3) is 10.6. The molecule has 0 spiro atoms. The van der Waals surface area contributed by atoms with Crippen molar-refractivity contribution in [3.8, 4) is 5.75 Å². The van der Waals surface area contributed by atoms with Crippen LogP contribution < -0.4 is 27.4 Å². The lowest BCUT2D eigenvalue weighted by atomic mass is 10.0. The molecule has 198 valence electrons. The number of hydrogen-bond donors (Lipinski definition) is 9. The van der Waals surface area contributed by atoms with E-state index in [1.807, 2.05) is 0 Å². The van der Waals surface area contributed by atoms with Crippen LogP contribution in [0, 0.1) is 0 Å². The summed E-state index contributed by atoms with van der Waals surface area (Å²) in [5.41, 5.74) is 11.1. The lowest BCUT2D eigenvalue weighted by molar-refractivity contribution is -0.143. The minimum Gasteiger partial charge on any atom is -0.508 e. The van der Waals surface area contributed by atoms with E-state index in [2.05, 4.69) is 28.6 Å². The minimum absolute atomic E-state index is 0.0364. The van der Waals surface area contributed by atoms with Crippen LogP contribution in [0.4, 0.5) is 0 Å². The van der Waals surface area contributed by atoms with Crippen molar-refractivity contribution in [3.63, 3.8) is 0 Å². The Hall–Kier alpha value is -3.85. The molecule has 0 saturated heterocycles. The molecule has 1 aromatic carbocycles. The van der Waals surface area contributed by atoms with Crippen molar-refractivity contribution in [1.29, 1.82) is 0 Å². The van der Waals surface area contributed by atoms with E-state index < -0.39 is 66.2 Å². The predicted molar refractivity (Wildman–Crippen MR) is 128 cm³/mol. The first-order valence-electron chi connectivity index (χ1n) is 10.6. The molecule has 1 rings (SSSR count). The lowest BCUT2D eigenvalue weighted by Gasteiger charge is -2.24. The van der Waals surface area contributed by atoms with Gasteiger partial charge in [0.2, 0.25) is 23.6 Å². The van der Waals surface area contributed by atoms with Gasteiger partial charge in [-0.15, -0.1) is 0 Å². The topological polar surface area (TPSA) is 251 Å². The van der Waals surface area contributed by atoms with Gasteiger partial charge in [0.05, 0.1) is 12.5 Å². The van der Waals surface area contributed by atoms with Gasteiger partial charge in [-0.25, -0.2) is 4.79 Å². The molecule has 4 amide bonds. The molecule has 15 heteroatoms. The molecule has 0 radical (unpaired) electrons. The van der Waals surface area contributed by atoms with E-state index in [0.29, 0.717) is 5.56 Å². The van der Waals surface area contributed by atoms with Gasteiger partial charge in [0.25, 0.3) is 0 Å². The molecule has 0 bridgehead atoms.